The van der Waals surface area contributed by atoms with Gasteiger partial charge in [0.1, 0.15) is 11.5 Å². The molecule has 5 nitrogen and oxygen atoms in total. The highest BCUT2D eigenvalue weighted by atomic mass is 16.2. The van der Waals surface area contributed by atoms with Gasteiger partial charge in [-0.3, -0.25) is 9.78 Å². The van der Waals surface area contributed by atoms with E-state index in [4.69, 9.17) is 0 Å². The molecule has 2 rings (SSSR count). The van der Waals surface area contributed by atoms with Crippen LogP contribution in [0, 0.1) is 0 Å². The highest BCUT2D eigenvalue weighted by Gasteiger charge is 2.12. The number of anilines is 1. The molecule has 2 aromatic heterocycles. The van der Waals surface area contributed by atoms with Crippen LogP contribution in [0.1, 0.15) is 55.7 Å². The lowest BCUT2D eigenvalue weighted by Crippen LogP contribution is -2.17. The van der Waals surface area contributed by atoms with Gasteiger partial charge < -0.3 is 5.32 Å². The van der Waals surface area contributed by atoms with Crippen molar-refractivity contribution >= 4 is 11.7 Å². The predicted molar refractivity (Wildman–Crippen MR) is 78.9 cm³/mol. The Kier molecular flexibility index (Phi) is 4.17. The Morgan fingerprint density at radius 2 is 1.95 bits per heavy atom. The van der Waals surface area contributed by atoms with E-state index in [1.807, 2.05) is 19.9 Å². The third-order valence-electron chi connectivity index (χ3n) is 3.09. The lowest BCUT2D eigenvalue weighted by Gasteiger charge is -2.11. The number of hydrogen-bond acceptors (Lipinski definition) is 3. The number of pyridine rings is 1. The molecule has 1 amide bonds. The molecule has 0 aliphatic heterocycles. The van der Waals surface area contributed by atoms with Crippen molar-refractivity contribution in [2.75, 3.05) is 5.32 Å². The SMILES string of the molecule is CC(C)c1ccc(C(=O)Nc2ccnn2C(C)C)nc1. The summed E-state index contributed by atoms with van der Waals surface area (Å²) in [5.74, 6) is 0.865. The fraction of sp³-hybridized carbons (Fsp3) is 0.400. The van der Waals surface area contributed by atoms with E-state index in [0.29, 0.717) is 17.4 Å². The fourth-order valence-electron chi connectivity index (χ4n) is 1.89. The van der Waals surface area contributed by atoms with Crippen molar-refractivity contribution in [2.24, 2.45) is 0 Å². The molecule has 106 valence electrons. The quantitative estimate of drug-likeness (QED) is 0.929. The molecule has 0 saturated heterocycles. The van der Waals surface area contributed by atoms with Gasteiger partial charge in [0, 0.05) is 18.3 Å². The Bertz CT molecular complexity index is 584. The highest BCUT2D eigenvalue weighted by molar-refractivity contribution is 6.02. The maximum atomic E-state index is 12.2. The minimum Gasteiger partial charge on any atom is -0.305 e. The van der Waals surface area contributed by atoms with Crippen molar-refractivity contribution in [3.63, 3.8) is 0 Å². The summed E-state index contributed by atoms with van der Waals surface area (Å²) in [6.45, 7) is 8.21. The third-order valence-corrected chi connectivity index (χ3v) is 3.09. The first-order valence-electron chi connectivity index (χ1n) is 6.80. The van der Waals surface area contributed by atoms with Crippen LogP contribution in [0.15, 0.2) is 30.6 Å². The summed E-state index contributed by atoms with van der Waals surface area (Å²) in [5.41, 5.74) is 1.53. The maximum absolute atomic E-state index is 12.2. The van der Waals surface area contributed by atoms with E-state index in [2.05, 4.69) is 29.2 Å². The molecule has 2 heterocycles. The Balaban J connectivity index is 2.13. The molecule has 0 saturated carbocycles. The van der Waals surface area contributed by atoms with Crippen LogP contribution in [0.2, 0.25) is 0 Å². The van der Waals surface area contributed by atoms with Crippen LogP contribution in [0.5, 0.6) is 0 Å². The zero-order valence-electron chi connectivity index (χ0n) is 12.3. The van der Waals surface area contributed by atoms with Crippen LogP contribution in [-0.2, 0) is 0 Å². The van der Waals surface area contributed by atoms with Crippen LogP contribution in [-0.4, -0.2) is 20.7 Å². The number of hydrogen-bond donors (Lipinski definition) is 1. The van der Waals surface area contributed by atoms with E-state index < -0.39 is 0 Å². The van der Waals surface area contributed by atoms with Crippen molar-refractivity contribution in [1.29, 1.82) is 0 Å². The molecule has 5 heteroatoms. The molecule has 2 aromatic rings. The average molecular weight is 272 g/mol. The zero-order chi connectivity index (χ0) is 14.7. The summed E-state index contributed by atoms with van der Waals surface area (Å²) < 4.78 is 1.76. The van der Waals surface area contributed by atoms with E-state index in [9.17, 15) is 4.79 Å². The molecule has 0 atom stereocenters. The topological polar surface area (TPSA) is 59.8 Å². The Morgan fingerprint density at radius 1 is 1.20 bits per heavy atom. The monoisotopic (exact) mass is 272 g/mol. The van der Waals surface area contributed by atoms with Gasteiger partial charge in [0.15, 0.2) is 0 Å². The van der Waals surface area contributed by atoms with Crippen molar-refractivity contribution < 1.29 is 4.79 Å². The number of rotatable bonds is 4. The van der Waals surface area contributed by atoms with E-state index in [1.54, 1.807) is 29.2 Å². The molecule has 0 aliphatic carbocycles. The second-order valence-electron chi connectivity index (χ2n) is 5.34. The van der Waals surface area contributed by atoms with Crippen LogP contribution < -0.4 is 5.32 Å². The van der Waals surface area contributed by atoms with Crippen molar-refractivity contribution in [3.8, 4) is 0 Å². The molecule has 0 spiro atoms. The minimum absolute atomic E-state index is 0.191. The zero-order valence-corrected chi connectivity index (χ0v) is 12.3. The van der Waals surface area contributed by atoms with Crippen LogP contribution >= 0.6 is 0 Å². The van der Waals surface area contributed by atoms with Gasteiger partial charge in [-0.15, -0.1) is 0 Å². The molecule has 0 unspecified atom stereocenters. The van der Waals surface area contributed by atoms with Crippen LogP contribution in [0.25, 0.3) is 0 Å². The first kappa shape index (κ1) is 14.2. The first-order valence-corrected chi connectivity index (χ1v) is 6.80. The lowest BCUT2D eigenvalue weighted by atomic mass is 10.1. The largest absolute Gasteiger partial charge is 0.305 e. The summed E-state index contributed by atoms with van der Waals surface area (Å²) in [6.07, 6.45) is 3.42. The minimum atomic E-state index is -0.220. The predicted octanol–water partition coefficient (Wildman–Crippen LogP) is 3.23. The second-order valence-corrected chi connectivity index (χ2v) is 5.34. The van der Waals surface area contributed by atoms with Gasteiger partial charge in [-0.2, -0.15) is 5.10 Å². The Labute approximate surface area is 119 Å². The number of carbonyl (C=O) groups is 1. The van der Waals surface area contributed by atoms with Crippen molar-refractivity contribution in [2.45, 2.75) is 39.7 Å². The van der Waals surface area contributed by atoms with E-state index in [0.717, 1.165) is 5.56 Å². The summed E-state index contributed by atoms with van der Waals surface area (Å²) in [5, 5.41) is 7.02. The standard InChI is InChI=1S/C15H20N4O/c1-10(2)12-5-6-13(16-9-12)15(20)18-14-7-8-17-19(14)11(3)4/h5-11H,1-4H3,(H,18,20). The van der Waals surface area contributed by atoms with Crippen molar-refractivity contribution in [3.05, 3.63) is 41.9 Å². The molecular weight excluding hydrogens is 252 g/mol. The van der Waals surface area contributed by atoms with Crippen LogP contribution in [0.3, 0.4) is 0 Å². The van der Waals surface area contributed by atoms with Crippen molar-refractivity contribution in [1.82, 2.24) is 14.8 Å². The summed E-state index contributed by atoms with van der Waals surface area (Å²) >= 11 is 0. The molecule has 0 radical (unpaired) electrons. The Morgan fingerprint density at radius 3 is 2.50 bits per heavy atom. The maximum Gasteiger partial charge on any atom is 0.275 e. The molecule has 0 aliphatic rings. The van der Waals surface area contributed by atoms with Gasteiger partial charge >= 0.3 is 0 Å². The number of carbonyl (C=O) groups excluding carboxylic acids is 1. The highest BCUT2D eigenvalue weighted by Crippen LogP contribution is 2.15. The second kappa shape index (κ2) is 5.86. The van der Waals surface area contributed by atoms with Gasteiger partial charge in [0.25, 0.3) is 5.91 Å². The lowest BCUT2D eigenvalue weighted by molar-refractivity contribution is 0.102. The van der Waals surface area contributed by atoms with Gasteiger partial charge in [-0.1, -0.05) is 19.9 Å². The molecule has 0 fully saturated rings. The van der Waals surface area contributed by atoms with E-state index in [1.165, 1.54) is 0 Å². The molecule has 20 heavy (non-hydrogen) atoms. The fourth-order valence-corrected chi connectivity index (χ4v) is 1.89. The molecule has 0 aromatic carbocycles. The van der Waals surface area contributed by atoms with E-state index in [-0.39, 0.29) is 11.9 Å². The van der Waals surface area contributed by atoms with Gasteiger partial charge in [0.05, 0.1) is 6.20 Å². The third kappa shape index (κ3) is 3.04. The average Bonchev–Trinajstić information content (AvgIpc) is 2.87. The van der Waals surface area contributed by atoms with E-state index >= 15 is 0 Å². The first-order chi connectivity index (χ1) is 9.49. The number of amides is 1. The molecular formula is C15H20N4O. The van der Waals surface area contributed by atoms with Gasteiger partial charge in [-0.05, 0) is 31.4 Å². The number of aromatic nitrogens is 3. The van der Waals surface area contributed by atoms with Gasteiger partial charge in [-0.25, -0.2) is 4.68 Å². The summed E-state index contributed by atoms with van der Waals surface area (Å²) in [6, 6.07) is 5.66. The Hall–Kier alpha value is -2.17. The number of nitrogens with one attached hydrogen (secondary N) is 1. The molecule has 1 N–H and O–H groups in total. The van der Waals surface area contributed by atoms with Crippen LogP contribution in [0.4, 0.5) is 5.82 Å². The van der Waals surface area contributed by atoms with Gasteiger partial charge in [0.2, 0.25) is 0 Å². The summed E-state index contributed by atoms with van der Waals surface area (Å²) in [7, 11) is 0. The normalized spacial score (nSPS) is 11.1. The number of nitrogens with zero attached hydrogens (tertiary/aromatic N) is 3. The smallest absolute Gasteiger partial charge is 0.275 e. The molecule has 0 bridgehead atoms. The summed E-state index contributed by atoms with van der Waals surface area (Å²) in [4.78, 5) is 16.4.